The van der Waals surface area contributed by atoms with Crippen LogP contribution in [0.15, 0.2) is 47.7 Å². The van der Waals surface area contributed by atoms with Crippen LogP contribution in [0.25, 0.3) is 5.69 Å². The first kappa shape index (κ1) is 20.7. The van der Waals surface area contributed by atoms with E-state index in [1.54, 1.807) is 20.2 Å². The number of hydrogen-bond acceptors (Lipinski definition) is 4. The normalized spacial score (nSPS) is 14.9. The van der Waals surface area contributed by atoms with Gasteiger partial charge in [-0.2, -0.15) is 5.10 Å². The van der Waals surface area contributed by atoms with E-state index in [1.165, 1.54) is 5.56 Å². The SMILES string of the molecule is CCOC(=O)NC(CNC(=NC)NCCc1ccc(-n2cccn2)cc1)C1CC1. The molecule has 3 N–H and O–H groups in total. The van der Waals surface area contributed by atoms with Crippen molar-refractivity contribution in [1.29, 1.82) is 0 Å². The van der Waals surface area contributed by atoms with Crippen LogP contribution < -0.4 is 16.0 Å². The third-order valence-electron chi connectivity index (χ3n) is 4.89. The topological polar surface area (TPSA) is 92.6 Å². The third-order valence-corrected chi connectivity index (χ3v) is 4.89. The molecule has 1 saturated carbocycles. The Labute approximate surface area is 171 Å². The number of ether oxygens (including phenoxy) is 1. The maximum absolute atomic E-state index is 11.7. The monoisotopic (exact) mass is 398 g/mol. The molecule has 2 aromatic rings. The van der Waals surface area contributed by atoms with E-state index in [1.807, 2.05) is 16.9 Å². The zero-order valence-electron chi connectivity index (χ0n) is 17.1. The fourth-order valence-electron chi connectivity index (χ4n) is 3.15. The molecule has 8 heteroatoms. The minimum absolute atomic E-state index is 0.0578. The largest absolute Gasteiger partial charge is 0.450 e. The van der Waals surface area contributed by atoms with Crippen LogP contribution in [0.4, 0.5) is 4.79 Å². The summed E-state index contributed by atoms with van der Waals surface area (Å²) in [5.74, 6) is 1.24. The number of benzene rings is 1. The lowest BCUT2D eigenvalue weighted by atomic mass is 10.1. The van der Waals surface area contributed by atoms with Gasteiger partial charge in [-0.3, -0.25) is 4.99 Å². The molecule has 0 spiro atoms. The Hall–Kier alpha value is -3.03. The summed E-state index contributed by atoms with van der Waals surface area (Å²) in [6, 6.07) is 10.3. The number of guanidine groups is 1. The van der Waals surface area contributed by atoms with Crippen LogP contribution >= 0.6 is 0 Å². The van der Waals surface area contributed by atoms with E-state index in [-0.39, 0.29) is 12.1 Å². The van der Waals surface area contributed by atoms with Crippen LogP contribution in [0.3, 0.4) is 0 Å². The Balaban J connectivity index is 1.41. The smallest absolute Gasteiger partial charge is 0.407 e. The summed E-state index contributed by atoms with van der Waals surface area (Å²) >= 11 is 0. The van der Waals surface area contributed by atoms with Gasteiger partial charge in [0.15, 0.2) is 5.96 Å². The lowest BCUT2D eigenvalue weighted by molar-refractivity contribution is 0.146. The maximum Gasteiger partial charge on any atom is 0.407 e. The number of nitrogens with one attached hydrogen (secondary N) is 3. The summed E-state index contributed by atoms with van der Waals surface area (Å²) in [6.07, 6.45) is 6.50. The third kappa shape index (κ3) is 6.51. The van der Waals surface area contributed by atoms with Crippen molar-refractivity contribution in [3.05, 3.63) is 48.3 Å². The van der Waals surface area contributed by atoms with Crippen LogP contribution in [0.5, 0.6) is 0 Å². The molecular formula is C21H30N6O2. The van der Waals surface area contributed by atoms with Crippen molar-refractivity contribution in [2.75, 3.05) is 26.7 Å². The Morgan fingerprint density at radius 2 is 2.10 bits per heavy atom. The van der Waals surface area contributed by atoms with Gasteiger partial charge >= 0.3 is 6.09 Å². The molecular weight excluding hydrogens is 368 g/mol. The number of rotatable bonds is 9. The van der Waals surface area contributed by atoms with Crippen molar-refractivity contribution >= 4 is 12.1 Å². The molecule has 0 bridgehead atoms. The first-order chi connectivity index (χ1) is 14.2. The molecule has 156 valence electrons. The molecule has 1 fully saturated rings. The van der Waals surface area contributed by atoms with E-state index in [0.717, 1.165) is 37.5 Å². The number of carbonyl (C=O) groups is 1. The average Bonchev–Trinajstić information content (AvgIpc) is 3.43. The van der Waals surface area contributed by atoms with Gasteiger partial charge < -0.3 is 20.7 Å². The molecule has 0 radical (unpaired) electrons. The lowest BCUT2D eigenvalue weighted by Gasteiger charge is -2.20. The quantitative estimate of drug-likeness (QED) is 0.444. The van der Waals surface area contributed by atoms with E-state index < -0.39 is 0 Å². The average molecular weight is 399 g/mol. The first-order valence-corrected chi connectivity index (χ1v) is 10.2. The highest BCUT2D eigenvalue weighted by atomic mass is 16.5. The van der Waals surface area contributed by atoms with Crippen molar-refractivity contribution in [2.24, 2.45) is 10.9 Å². The summed E-state index contributed by atoms with van der Waals surface area (Å²) < 4.78 is 6.84. The number of amides is 1. The van der Waals surface area contributed by atoms with Crippen LogP contribution in [-0.4, -0.2) is 54.6 Å². The highest BCUT2D eigenvalue weighted by Crippen LogP contribution is 2.32. The molecule has 3 rings (SSSR count). The van der Waals surface area contributed by atoms with Gasteiger partial charge in [0, 0.05) is 32.5 Å². The zero-order chi connectivity index (χ0) is 20.5. The molecule has 1 aromatic heterocycles. The van der Waals surface area contributed by atoms with E-state index in [0.29, 0.717) is 19.1 Å². The molecule has 1 aromatic carbocycles. The number of carbonyl (C=O) groups excluding carboxylic acids is 1. The van der Waals surface area contributed by atoms with Gasteiger partial charge in [0.05, 0.1) is 18.3 Å². The summed E-state index contributed by atoms with van der Waals surface area (Å²) in [6.45, 7) is 3.57. The molecule has 1 aliphatic carbocycles. The van der Waals surface area contributed by atoms with Gasteiger partial charge in [0.2, 0.25) is 0 Å². The van der Waals surface area contributed by atoms with Crippen molar-refractivity contribution in [3.63, 3.8) is 0 Å². The van der Waals surface area contributed by atoms with Crippen LogP contribution in [0.2, 0.25) is 0 Å². The minimum atomic E-state index is -0.354. The predicted octanol–water partition coefficient (Wildman–Crippen LogP) is 2.10. The van der Waals surface area contributed by atoms with Gasteiger partial charge in [0.1, 0.15) is 0 Å². The Morgan fingerprint density at radius 1 is 1.31 bits per heavy atom. The molecule has 1 amide bonds. The van der Waals surface area contributed by atoms with E-state index in [9.17, 15) is 4.79 Å². The fraction of sp³-hybridized carbons (Fsp3) is 0.476. The van der Waals surface area contributed by atoms with Gasteiger partial charge in [-0.15, -0.1) is 0 Å². The Kier molecular flexibility index (Phi) is 7.49. The molecule has 1 aliphatic rings. The van der Waals surface area contributed by atoms with Gasteiger partial charge in [-0.25, -0.2) is 9.48 Å². The second-order valence-electron chi connectivity index (χ2n) is 7.06. The predicted molar refractivity (Wildman–Crippen MR) is 113 cm³/mol. The summed E-state index contributed by atoms with van der Waals surface area (Å²) in [7, 11) is 1.75. The highest BCUT2D eigenvalue weighted by molar-refractivity contribution is 5.79. The second kappa shape index (κ2) is 10.5. The Bertz CT molecular complexity index is 784. The second-order valence-corrected chi connectivity index (χ2v) is 7.06. The molecule has 1 unspecified atom stereocenters. The summed E-state index contributed by atoms with van der Waals surface area (Å²) in [4.78, 5) is 16.0. The van der Waals surface area contributed by atoms with E-state index >= 15 is 0 Å². The summed E-state index contributed by atoms with van der Waals surface area (Å²) in [5, 5.41) is 13.8. The minimum Gasteiger partial charge on any atom is -0.450 e. The molecule has 29 heavy (non-hydrogen) atoms. The number of nitrogens with zero attached hydrogens (tertiary/aromatic N) is 3. The summed E-state index contributed by atoms with van der Waals surface area (Å²) in [5.41, 5.74) is 2.29. The van der Waals surface area contributed by atoms with Gasteiger partial charge in [0.25, 0.3) is 0 Å². The van der Waals surface area contributed by atoms with Crippen molar-refractivity contribution < 1.29 is 9.53 Å². The Morgan fingerprint density at radius 3 is 2.72 bits per heavy atom. The van der Waals surface area contributed by atoms with Crippen LogP contribution in [0.1, 0.15) is 25.3 Å². The molecule has 0 saturated heterocycles. The maximum atomic E-state index is 11.7. The zero-order valence-corrected chi connectivity index (χ0v) is 17.1. The molecule has 0 aliphatic heterocycles. The lowest BCUT2D eigenvalue weighted by Crippen LogP contribution is -2.48. The molecule has 1 atom stereocenters. The number of aromatic nitrogens is 2. The molecule has 1 heterocycles. The van der Waals surface area contributed by atoms with E-state index in [2.05, 4.69) is 50.3 Å². The number of hydrogen-bond donors (Lipinski definition) is 3. The number of aliphatic imine (C=N–C) groups is 1. The van der Waals surface area contributed by atoms with Crippen molar-refractivity contribution in [1.82, 2.24) is 25.7 Å². The van der Waals surface area contributed by atoms with Crippen molar-refractivity contribution in [3.8, 4) is 5.69 Å². The highest BCUT2D eigenvalue weighted by Gasteiger charge is 2.32. The van der Waals surface area contributed by atoms with E-state index in [4.69, 9.17) is 4.74 Å². The van der Waals surface area contributed by atoms with Gasteiger partial charge in [-0.1, -0.05) is 12.1 Å². The van der Waals surface area contributed by atoms with Gasteiger partial charge in [-0.05, 0) is 55.9 Å². The fourth-order valence-corrected chi connectivity index (χ4v) is 3.15. The molecule has 8 nitrogen and oxygen atoms in total. The first-order valence-electron chi connectivity index (χ1n) is 10.2. The number of alkyl carbamates (subject to hydrolysis) is 1. The van der Waals surface area contributed by atoms with Crippen LogP contribution in [-0.2, 0) is 11.2 Å². The van der Waals surface area contributed by atoms with Crippen molar-refractivity contribution in [2.45, 2.75) is 32.2 Å². The standard InChI is InChI=1S/C21H30N6O2/c1-3-29-21(28)26-19(17-7-8-17)15-24-20(22-2)23-13-11-16-5-9-18(10-6-16)27-14-4-12-25-27/h4-6,9-10,12,14,17,19H,3,7-8,11,13,15H2,1-2H3,(H,26,28)(H2,22,23,24). The van der Waals surface area contributed by atoms with Crippen LogP contribution in [0, 0.1) is 5.92 Å².